The van der Waals surface area contributed by atoms with Gasteiger partial charge in [-0.15, -0.1) is 11.3 Å². The Morgan fingerprint density at radius 3 is 3.00 bits per heavy atom. The number of aromatic nitrogens is 1. The van der Waals surface area contributed by atoms with Crippen LogP contribution in [-0.4, -0.2) is 18.1 Å². The van der Waals surface area contributed by atoms with Crippen LogP contribution < -0.4 is 5.32 Å². The number of nitrogens with one attached hydrogen (secondary N) is 1. The summed E-state index contributed by atoms with van der Waals surface area (Å²) in [4.78, 5) is 4.71. The number of hydrogen-bond donors (Lipinski definition) is 1. The molecule has 78 valence electrons. The first-order chi connectivity index (χ1) is 6.90. The molecule has 2 nitrogen and oxygen atoms in total. The maximum Gasteiger partial charge on any atom is 0.0928 e. The Hall–Kier alpha value is -0.410. The highest BCUT2D eigenvalue weighted by atomic mass is 32.1. The second-order valence-electron chi connectivity index (χ2n) is 3.94. The van der Waals surface area contributed by atoms with Crippen molar-refractivity contribution in [1.82, 2.24) is 10.3 Å². The highest BCUT2D eigenvalue weighted by Gasteiger charge is 2.17. The quantitative estimate of drug-likeness (QED) is 0.829. The smallest absolute Gasteiger partial charge is 0.0928 e. The first-order valence-corrected chi connectivity index (χ1v) is 6.43. The van der Waals surface area contributed by atoms with Crippen LogP contribution in [0.25, 0.3) is 0 Å². The van der Waals surface area contributed by atoms with E-state index in [1.165, 1.54) is 30.0 Å². The largest absolute Gasteiger partial charge is 0.317 e. The summed E-state index contributed by atoms with van der Waals surface area (Å²) < 4.78 is 0. The maximum atomic E-state index is 4.71. The van der Waals surface area contributed by atoms with E-state index in [1.807, 2.05) is 11.3 Å². The Morgan fingerprint density at radius 2 is 2.29 bits per heavy atom. The molecule has 0 saturated carbocycles. The van der Waals surface area contributed by atoms with E-state index in [0.717, 1.165) is 25.4 Å². The SMILES string of the molecule is CCCc1nc(C2CCNCC2)cs1. The second kappa shape index (κ2) is 4.89. The molecule has 2 heterocycles. The van der Waals surface area contributed by atoms with Crippen LogP contribution in [0.4, 0.5) is 0 Å². The molecule has 0 unspecified atom stereocenters. The average Bonchev–Trinajstić information content (AvgIpc) is 2.68. The van der Waals surface area contributed by atoms with Crippen molar-refractivity contribution in [3.05, 3.63) is 16.1 Å². The van der Waals surface area contributed by atoms with Gasteiger partial charge in [0.25, 0.3) is 0 Å². The Kier molecular flexibility index (Phi) is 3.54. The van der Waals surface area contributed by atoms with E-state index in [9.17, 15) is 0 Å². The molecular formula is C11H18N2S. The van der Waals surface area contributed by atoms with E-state index in [4.69, 9.17) is 4.98 Å². The number of thiazole rings is 1. The van der Waals surface area contributed by atoms with Gasteiger partial charge in [0.1, 0.15) is 0 Å². The van der Waals surface area contributed by atoms with Gasteiger partial charge in [0, 0.05) is 11.3 Å². The Labute approximate surface area is 89.8 Å². The number of rotatable bonds is 3. The van der Waals surface area contributed by atoms with E-state index in [2.05, 4.69) is 17.6 Å². The summed E-state index contributed by atoms with van der Waals surface area (Å²) in [5.41, 5.74) is 1.35. The standard InChI is InChI=1S/C11H18N2S/c1-2-3-11-13-10(8-14-11)9-4-6-12-7-5-9/h8-9,12H,2-7H2,1H3. The summed E-state index contributed by atoms with van der Waals surface area (Å²) in [7, 11) is 0. The molecule has 1 N–H and O–H groups in total. The topological polar surface area (TPSA) is 24.9 Å². The lowest BCUT2D eigenvalue weighted by Crippen LogP contribution is -2.26. The molecule has 1 fully saturated rings. The lowest BCUT2D eigenvalue weighted by molar-refractivity contribution is 0.454. The highest BCUT2D eigenvalue weighted by molar-refractivity contribution is 7.09. The molecule has 0 radical (unpaired) electrons. The van der Waals surface area contributed by atoms with Gasteiger partial charge in [-0.25, -0.2) is 4.98 Å². The zero-order valence-electron chi connectivity index (χ0n) is 8.75. The summed E-state index contributed by atoms with van der Waals surface area (Å²) in [6.07, 6.45) is 4.87. The van der Waals surface area contributed by atoms with Gasteiger partial charge in [-0.3, -0.25) is 0 Å². The van der Waals surface area contributed by atoms with Crippen LogP contribution in [0.2, 0.25) is 0 Å². The van der Waals surface area contributed by atoms with Crippen molar-refractivity contribution < 1.29 is 0 Å². The average molecular weight is 210 g/mol. The normalized spacial score (nSPS) is 18.6. The van der Waals surface area contributed by atoms with E-state index in [0.29, 0.717) is 0 Å². The van der Waals surface area contributed by atoms with Crippen molar-refractivity contribution in [1.29, 1.82) is 0 Å². The molecule has 3 heteroatoms. The molecule has 0 spiro atoms. The van der Waals surface area contributed by atoms with Gasteiger partial charge in [0.15, 0.2) is 0 Å². The van der Waals surface area contributed by atoms with Crippen molar-refractivity contribution in [2.24, 2.45) is 0 Å². The number of hydrogen-bond acceptors (Lipinski definition) is 3. The van der Waals surface area contributed by atoms with Crippen LogP contribution in [0, 0.1) is 0 Å². The van der Waals surface area contributed by atoms with Crippen molar-refractivity contribution in [3.63, 3.8) is 0 Å². The third-order valence-corrected chi connectivity index (χ3v) is 3.72. The third kappa shape index (κ3) is 2.34. The number of piperidine rings is 1. The van der Waals surface area contributed by atoms with Gasteiger partial charge in [-0.05, 0) is 38.8 Å². The lowest BCUT2D eigenvalue weighted by atomic mass is 9.95. The molecule has 0 atom stereocenters. The zero-order valence-corrected chi connectivity index (χ0v) is 9.57. The van der Waals surface area contributed by atoms with Gasteiger partial charge in [0.2, 0.25) is 0 Å². The first kappa shape index (κ1) is 10.1. The van der Waals surface area contributed by atoms with Gasteiger partial charge < -0.3 is 5.32 Å². The fourth-order valence-electron chi connectivity index (χ4n) is 1.96. The molecule has 1 aromatic heterocycles. The van der Waals surface area contributed by atoms with Crippen LogP contribution in [0.1, 0.15) is 42.8 Å². The molecule has 0 bridgehead atoms. The Balaban J connectivity index is 2.00. The van der Waals surface area contributed by atoms with Gasteiger partial charge in [-0.2, -0.15) is 0 Å². The lowest BCUT2D eigenvalue weighted by Gasteiger charge is -2.20. The van der Waals surface area contributed by atoms with Crippen molar-refractivity contribution >= 4 is 11.3 Å². The van der Waals surface area contributed by atoms with E-state index < -0.39 is 0 Å². The van der Waals surface area contributed by atoms with Crippen LogP contribution >= 0.6 is 11.3 Å². The molecule has 0 aliphatic carbocycles. The van der Waals surface area contributed by atoms with Crippen LogP contribution in [-0.2, 0) is 6.42 Å². The van der Waals surface area contributed by atoms with Gasteiger partial charge >= 0.3 is 0 Å². The molecular weight excluding hydrogens is 192 g/mol. The molecule has 0 aromatic carbocycles. The predicted molar refractivity (Wildman–Crippen MR) is 61.0 cm³/mol. The van der Waals surface area contributed by atoms with Crippen molar-refractivity contribution in [2.45, 2.75) is 38.5 Å². The molecule has 14 heavy (non-hydrogen) atoms. The summed E-state index contributed by atoms with van der Waals surface area (Å²) in [5, 5.41) is 6.98. The minimum atomic E-state index is 0.720. The summed E-state index contributed by atoms with van der Waals surface area (Å²) in [6.45, 7) is 4.53. The van der Waals surface area contributed by atoms with Crippen LogP contribution in [0.5, 0.6) is 0 Å². The highest BCUT2D eigenvalue weighted by Crippen LogP contribution is 2.26. The van der Waals surface area contributed by atoms with Crippen molar-refractivity contribution in [3.8, 4) is 0 Å². The monoisotopic (exact) mass is 210 g/mol. The minimum absolute atomic E-state index is 0.720. The fourth-order valence-corrected chi connectivity index (χ4v) is 2.94. The minimum Gasteiger partial charge on any atom is -0.317 e. The Morgan fingerprint density at radius 1 is 1.50 bits per heavy atom. The molecule has 0 amide bonds. The number of aryl methyl sites for hydroxylation is 1. The van der Waals surface area contributed by atoms with Crippen LogP contribution in [0.15, 0.2) is 5.38 Å². The van der Waals surface area contributed by atoms with Gasteiger partial charge in [0.05, 0.1) is 10.7 Å². The Bertz CT molecular complexity index is 277. The zero-order chi connectivity index (χ0) is 9.80. The van der Waals surface area contributed by atoms with Crippen LogP contribution in [0.3, 0.4) is 0 Å². The maximum absolute atomic E-state index is 4.71. The van der Waals surface area contributed by atoms with E-state index in [1.54, 1.807) is 0 Å². The number of nitrogens with zero attached hydrogens (tertiary/aromatic N) is 1. The summed E-state index contributed by atoms with van der Waals surface area (Å²) in [6, 6.07) is 0. The van der Waals surface area contributed by atoms with Crippen molar-refractivity contribution in [2.75, 3.05) is 13.1 Å². The second-order valence-corrected chi connectivity index (χ2v) is 4.88. The van der Waals surface area contributed by atoms with E-state index in [-0.39, 0.29) is 0 Å². The molecule has 1 aliphatic rings. The van der Waals surface area contributed by atoms with Gasteiger partial charge in [-0.1, -0.05) is 6.92 Å². The molecule has 1 aromatic rings. The summed E-state index contributed by atoms with van der Waals surface area (Å²) in [5.74, 6) is 0.720. The molecule has 1 aliphatic heterocycles. The van der Waals surface area contributed by atoms with E-state index >= 15 is 0 Å². The summed E-state index contributed by atoms with van der Waals surface area (Å²) >= 11 is 1.84. The predicted octanol–water partition coefficient (Wildman–Crippen LogP) is 2.56. The molecule has 1 saturated heterocycles. The fraction of sp³-hybridized carbons (Fsp3) is 0.727. The third-order valence-electron chi connectivity index (χ3n) is 2.79. The molecule has 2 rings (SSSR count). The first-order valence-electron chi connectivity index (χ1n) is 5.55.